The van der Waals surface area contributed by atoms with Crippen molar-refractivity contribution in [1.29, 1.82) is 0 Å². The molecule has 1 aliphatic heterocycles. The van der Waals surface area contributed by atoms with Gasteiger partial charge in [0.1, 0.15) is 10.4 Å². The number of carbonyl (C=O) groups is 2. The van der Waals surface area contributed by atoms with Crippen molar-refractivity contribution in [2.24, 2.45) is 0 Å². The minimum Gasteiger partial charge on any atom is -0.475 e. The number of sulfonamides is 1. The number of rotatable bonds is 6. The van der Waals surface area contributed by atoms with Crippen LogP contribution in [0.4, 0.5) is 23.2 Å². The molecule has 3 aromatic rings. The van der Waals surface area contributed by atoms with Crippen LogP contribution in [0.3, 0.4) is 0 Å². The van der Waals surface area contributed by atoms with Gasteiger partial charge in [-0.2, -0.15) is 13.2 Å². The normalized spacial score (nSPS) is 15.1. The molecule has 1 atom stereocenters. The summed E-state index contributed by atoms with van der Waals surface area (Å²) in [5, 5.41) is 14.3. The number of piperazine rings is 1. The average molecular weight is 548 g/mol. The third-order valence-corrected chi connectivity index (χ3v) is 6.58. The molecule has 0 radical (unpaired) electrons. The van der Waals surface area contributed by atoms with Gasteiger partial charge >= 0.3 is 12.1 Å². The Labute approximate surface area is 206 Å². The number of hydrogen-bond acceptors (Lipinski definition) is 9. The van der Waals surface area contributed by atoms with Gasteiger partial charge < -0.3 is 14.9 Å². The molecule has 3 heterocycles. The molecule has 1 unspecified atom stereocenters. The maximum Gasteiger partial charge on any atom is 0.490 e. The Bertz CT molecular complexity index is 1330. The van der Waals surface area contributed by atoms with Crippen molar-refractivity contribution in [3.05, 3.63) is 42.7 Å². The first kappa shape index (κ1) is 27.7. The number of fused-ring (bicyclic) bond motifs is 1. The van der Waals surface area contributed by atoms with Crippen LogP contribution in [0.5, 0.6) is 0 Å². The van der Waals surface area contributed by atoms with E-state index in [0.717, 1.165) is 5.69 Å². The Morgan fingerprint density at radius 2 is 1.70 bits per heavy atom. The van der Waals surface area contributed by atoms with Crippen LogP contribution in [0.1, 0.15) is 0 Å². The molecule has 0 saturated carbocycles. The molecule has 0 bridgehead atoms. The molecule has 0 aliphatic carbocycles. The van der Waals surface area contributed by atoms with Gasteiger partial charge in [0.25, 0.3) is 5.91 Å². The number of amides is 1. The standard InChI is InChI=1S/C18H19FN6O4S.C2HF3O2/c19-14(12-21-30(27,28)16-3-1-2-15-17(16)23-29-22-15)18(26)25-10-8-24(9-11-25)13-4-6-20-7-5-13;3-2(4,5)1(6)7/h1-7,14,21H,8-12H2;(H,6,7). The fraction of sp³-hybridized carbons (Fsp3) is 0.350. The molecule has 37 heavy (non-hydrogen) atoms. The summed E-state index contributed by atoms with van der Waals surface area (Å²) in [4.78, 5) is 28.6. The van der Waals surface area contributed by atoms with Crippen LogP contribution in [0.2, 0.25) is 0 Å². The summed E-state index contributed by atoms with van der Waals surface area (Å²) in [6.07, 6.45) is -3.71. The van der Waals surface area contributed by atoms with Crippen LogP contribution < -0.4 is 9.62 Å². The molecule has 0 spiro atoms. The van der Waals surface area contributed by atoms with Crippen molar-refractivity contribution in [1.82, 2.24) is 24.9 Å². The maximum atomic E-state index is 14.5. The fourth-order valence-corrected chi connectivity index (χ4v) is 4.46. The summed E-state index contributed by atoms with van der Waals surface area (Å²) in [5.74, 6) is -3.50. The van der Waals surface area contributed by atoms with E-state index in [-0.39, 0.29) is 15.9 Å². The van der Waals surface area contributed by atoms with Gasteiger partial charge in [-0.1, -0.05) is 6.07 Å². The molecule has 2 N–H and O–H groups in total. The van der Waals surface area contributed by atoms with Crippen molar-refractivity contribution in [2.45, 2.75) is 17.2 Å². The Balaban J connectivity index is 0.000000479. The number of hydrogen-bond donors (Lipinski definition) is 2. The number of nitrogens with one attached hydrogen (secondary N) is 1. The third kappa shape index (κ3) is 7.10. The second kappa shape index (κ2) is 11.5. The van der Waals surface area contributed by atoms with Crippen molar-refractivity contribution in [2.75, 3.05) is 37.6 Å². The van der Waals surface area contributed by atoms with E-state index >= 15 is 0 Å². The summed E-state index contributed by atoms with van der Waals surface area (Å²) in [6, 6.07) is 8.06. The molecular formula is C20H20F4N6O6S. The highest BCUT2D eigenvalue weighted by molar-refractivity contribution is 7.89. The van der Waals surface area contributed by atoms with Gasteiger partial charge in [-0.05, 0) is 34.6 Å². The Kier molecular flexibility index (Phi) is 8.59. The number of pyridine rings is 1. The number of anilines is 1. The van der Waals surface area contributed by atoms with Crippen LogP contribution in [0.15, 0.2) is 52.3 Å². The van der Waals surface area contributed by atoms with Crippen molar-refractivity contribution < 1.29 is 45.3 Å². The molecule has 12 nitrogen and oxygen atoms in total. The largest absolute Gasteiger partial charge is 0.490 e. The highest BCUT2D eigenvalue weighted by Gasteiger charge is 2.38. The first-order chi connectivity index (χ1) is 17.4. The molecule has 1 aliphatic rings. The lowest BCUT2D eigenvalue weighted by Crippen LogP contribution is -2.52. The van der Waals surface area contributed by atoms with Crippen LogP contribution in [-0.2, 0) is 19.6 Å². The van der Waals surface area contributed by atoms with Crippen molar-refractivity contribution in [3.8, 4) is 0 Å². The number of alkyl halides is 4. The second-order valence-electron chi connectivity index (χ2n) is 7.53. The summed E-state index contributed by atoms with van der Waals surface area (Å²) < 4.78 is 78.0. The van der Waals surface area contributed by atoms with E-state index in [0.29, 0.717) is 26.2 Å². The predicted octanol–water partition coefficient (Wildman–Crippen LogP) is 1.22. The number of halogens is 4. The molecule has 1 saturated heterocycles. The number of aromatic nitrogens is 3. The molecular weight excluding hydrogens is 528 g/mol. The van der Waals surface area contributed by atoms with E-state index in [2.05, 4.69) is 29.5 Å². The van der Waals surface area contributed by atoms with Gasteiger partial charge in [-0.25, -0.2) is 27.0 Å². The molecule has 1 amide bonds. The lowest BCUT2D eigenvalue weighted by molar-refractivity contribution is -0.192. The lowest BCUT2D eigenvalue weighted by atomic mass is 10.2. The molecule has 200 valence electrons. The van der Waals surface area contributed by atoms with Gasteiger partial charge in [0, 0.05) is 44.3 Å². The van der Waals surface area contributed by atoms with E-state index in [1.807, 2.05) is 12.1 Å². The van der Waals surface area contributed by atoms with E-state index in [4.69, 9.17) is 9.90 Å². The zero-order valence-electron chi connectivity index (χ0n) is 18.8. The minimum absolute atomic E-state index is 0.0407. The summed E-state index contributed by atoms with van der Waals surface area (Å²) in [5.41, 5.74) is 1.29. The van der Waals surface area contributed by atoms with E-state index in [1.54, 1.807) is 12.4 Å². The van der Waals surface area contributed by atoms with Gasteiger partial charge in [0.05, 0.1) is 6.54 Å². The topological polar surface area (TPSA) is 159 Å². The van der Waals surface area contributed by atoms with Crippen LogP contribution in [0.25, 0.3) is 11.0 Å². The summed E-state index contributed by atoms with van der Waals surface area (Å²) in [6.45, 7) is 1.12. The van der Waals surface area contributed by atoms with Crippen LogP contribution in [0, 0.1) is 0 Å². The van der Waals surface area contributed by atoms with Crippen LogP contribution in [-0.4, -0.2) is 90.7 Å². The number of aliphatic carboxylic acids is 1. The zero-order chi connectivity index (χ0) is 27.2. The quantitative estimate of drug-likeness (QED) is 0.429. The van der Waals surface area contributed by atoms with Crippen molar-refractivity contribution >= 4 is 38.6 Å². The van der Waals surface area contributed by atoms with E-state index in [9.17, 15) is 30.8 Å². The van der Waals surface area contributed by atoms with Gasteiger partial charge in [-0.15, -0.1) is 0 Å². The second-order valence-corrected chi connectivity index (χ2v) is 9.26. The first-order valence-electron chi connectivity index (χ1n) is 10.5. The molecule has 17 heteroatoms. The molecule has 1 fully saturated rings. The molecule has 2 aromatic heterocycles. The number of carboxylic acid groups (broad SMARTS) is 1. The minimum atomic E-state index is -5.08. The van der Waals surface area contributed by atoms with Crippen LogP contribution >= 0.6 is 0 Å². The maximum absolute atomic E-state index is 14.5. The third-order valence-electron chi connectivity index (χ3n) is 5.12. The SMILES string of the molecule is O=C(C(F)CNS(=O)(=O)c1cccc2nonc12)N1CCN(c2ccncc2)CC1.O=C(O)C(F)(F)F. The number of benzene rings is 1. The number of carbonyl (C=O) groups excluding carboxylic acids is 1. The summed E-state index contributed by atoms with van der Waals surface area (Å²) in [7, 11) is -4.10. The van der Waals surface area contributed by atoms with E-state index in [1.165, 1.54) is 23.1 Å². The number of carboxylic acids is 1. The number of nitrogens with zero attached hydrogens (tertiary/aromatic N) is 5. The Hall–Kier alpha value is -3.86. The molecule has 1 aromatic carbocycles. The average Bonchev–Trinajstić information content (AvgIpc) is 3.36. The Morgan fingerprint density at radius 1 is 1.08 bits per heavy atom. The highest BCUT2D eigenvalue weighted by Crippen LogP contribution is 2.20. The molecule has 4 rings (SSSR count). The fourth-order valence-electron chi connectivity index (χ4n) is 3.28. The highest BCUT2D eigenvalue weighted by atomic mass is 32.2. The monoisotopic (exact) mass is 548 g/mol. The van der Waals surface area contributed by atoms with E-state index < -0.39 is 40.8 Å². The Morgan fingerprint density at radius 3 is 2.30 bits per heavy atom. The predicted molar refractivity (Wildman–Crippen MR) is 119 cm³/mol. The van der Waals surface area contributed by atoms with Gasteiger partial charge in [0.2, 0.25) is 10.0 Å². The van der Waals surface area contributed by atoms with Gasteiger partial charge in [-0.3, -0.25) is 9.78 Å². The van der Waals surface area contributed by atoms with Crippen molar-refractivity contribution in [3.63, 3.8) is 0 Å². The summed E-state index contributed by atoms with van der Waals surface area (Å²) >= 11 is 0. The first-order valence-corrected chi connectivity index (χ1v) is 12.0. The smallest absolute Gasteiger partial charge is 0.475 e. The lowest BCUT2D eigenvalue weighted by Gasteiger charge is -2.36. The van der Waals surface area contributed by atoms with Gasteiger partial charge in [0.15, 0.2) is 11.7 Å². The zero-order valence-corrected chi connectivity index (χ0v) is 19.6.